The van der Waals surface area contributed by atoms with Gasteiger partial charge in [0.25, 0.3) is 0 Å². The van der Waals surface area contributed by atoms with Gasteiger partial charge in [-0.2, -0.15) is 0 Å². The first-order valence-corrected chi connectivity index (χ1v) is 11.1. The maximum Gasteiger partial charge on any atom is 0.161 e. The Morgan fingerprint density at radius 2 is 1.77 bits per heavy atom. The Morgan fingerprint density at radius 1 is 1.03 bits per heavy atom. The van der Waals surface area contributed by atoms with Crippen molar-refractivity contribution in [2.45, 2.75) is 57.0 Å². The number of methoxy groups -OCH3 is 1. The van der Waals surface area contributed by atoms with Crippen LogP contribution < -0.4 is 14.8 Å². The number of nitrogens with zero attached hydrogens (tertiary/aromatic N) is 1. The van der Waals surface area contributed by atoms with Crippen LogP contribution in [0.1, 0.15) is 36.8 Å². The summed E-state index contributed by atoms with van der Waals surface area (Å²) < 4.78 is 11.4. The molecule has 0 amide bonds. The highest BCUT2D eigenvalue weighted by molar-refractivity contribution is 5.43. The van der Waals surface area contributed by atoms with Crippen molar-refractivity contribution in [1.82, 2.24) is 10.2 Å². The van der Waals surface area contributed by atoms with Crippen LogP contribution in [-0.4, -0.2) is 60.7 Å². The van der Waals surface area contributed by atoms with E-state index in [0.717, 1.165) is 44.3 Å². The van der Waals surface area contributed by atoms with Crippen LogP contribution in [0.15, 0.2) is 48.5 Å². The molecular formula is C25H36N2O4. The molecule has 1 aliphatic carbocycles. The summed E-state index contributed by atoms with van der Waals surface area (Å²) in [7, 11) is 3.62. The van der Waals surface area contributed by atoms with E-state index in [9.17, 15) is 10.2 Å². The van der Waals surface area contributed by atoms with Gasteiger partial charge in [-0.3, -0.25) is 4.90 Å². The van der Waals surface area contributed by atoms with Crippen molar-refractivity contribution in [1.29, 1.82) is 0 Å². The van der Waals surface area contributed by atoms with E-state index >= 15 is 0 Å². The zero-order valence-corrected chi connectivity index (χ0v) is 18.7. The summed E-state index contributed by atoms with van der Waals surface area (Å²) in [5.74, 6) is 1.31. The third kappa shape index (κ3) is 7.82. The number of nitrogens with one attached hydrogen (secondary N) is 1. The molecule has 1 saturated carbocycles. The van der Waals surface area contributed by atoms with E-state index in [0.29, 0.717) is 24.1 Å². The number of benzene rings is 2. The van der Waals surface area contributed by atoms with E-state index in [-0.39, 0.29) is 12.7 Å². The molecule has 3 N–H and O–H groups in total. The molecule has 6 heteroatoms. The maximum absolute atomic E-state index is 10.4. The molecule has 0 spiro atoms. The van der Waals surface area contributed by atoms with E-state index in [1.54, 1.807) is 7.11 Å². The highest BCUT2D eigenvalue weighted by Crippen LogP contribution is 2.28. The van der Waals surface area contributed by atoms with E-state index in [1.165, 1.54) is 5.56 Å². The number of ether oxygens (including phenoxy) is 2. The number of likely N-dealkylation sites (N-methyl/N-ethyl adjacent to an activating group) is 1. The SMILES string of the molecule is COc1ccc(CNC2CCC(O)CC2)cc1OCC(O)CN(C)Cc1ccccc1. The molecule has 0 radical (unpaired) electrons. The predicted octanol–water partition coefficient (Wildman–Crippen LogP) is 2.96. The first-order chi connectivity index (χ1) is 15.0. The van der Waals surface area contributed by atoms with E-state index in [2.05, 4.69) is 22.3 Å². The van der Waals surface area contributed by atoms with E-state index in [4.69, 9.17) is 9.47 Å². The highest BCUT2D eigenvalue weighted by Gasteiger charge is 2.19. The Balaban J connectivity index is 1.48. The van der Waals surface area contributed by atoms with Gasteiger partial charge in [-0.05, 0) is 56.0 Å². The molecule has 0 bridgehead atoms. The monoisotopic (exact) mass is 428 g/mol. The zero-order valence-electron chi connectivity index (χ0n) is 18.7. The van der Waals surface area contributed by atoms with E-state index < -0.39 is 6.10 Å². The van der Waals surface area contributed by atoms with Gasteiger partial charge in [-0.25, -0.2) is 0 Å². The van der Waals surface area contributed by atoms with Crippen LogP contribution >= 0.6 is 0 Å². The van der Waals surface area contributed by atoms with Gasteiger partial charge in [0.1, 0.15) is 12.7 Å². The highest BCUT2D eigenvalue weighted by atomic mass is 16.5. The Bertz CT molecular complexity index is 778. The maximum atomic E-state index is 10.4. The Hall–Kier alpha value is -2.12. The summed E-state index contributed by atoms with van der Waals surface area (Å²) in [6.45, 7) is 2.24. The summed E-state index contributed by atoms with van der Waals surface area (Å²) in [6, 6.07) is 16.6. The molecule has 1 atom stereocenters. The van der Waals surface area contributed by atoms with Crippen LogP contribution in [0.5, 0.6) is 11.5 Å². The molecule has 0 aliphatic heterocycles. The van der Waals surface area contributed by atoms with Gasteiger partial charge in [0.05, 0.1) is 13.2 Å². The second-order valence-corrected chi connectivity index (χ2v) is 8.52. The number of aliphatic hydroxyl groups is 2. The predicted molar refractivity (Wildman–Crippen MR) is 122 cm³/mol. The summed E-state index contributed by atoms with van der Waals surface area (Å²) >= 11 is 0. The number of hydrogen-bond donors (Lipinski definition) is 3. The van der Waals surface area contributed by atoms with E-state index in [1.807, 2.05) is 43.4 Å². The topological polar surface area (TPSA) is 74.2 Å². The lowest BCUT2D eigenvalue weighted by Gasteiger charge is -2.26. The van der Waals surface area contributed by atoms with Crippen molar-refractivity contribution in [3.63, 3.8) is 0 Å². The molecule has 0 heterocycles. The van der Waals surface area contributed by atoms with Crippen LogP contribution in [0.2, 0.25) is 0 Å². The van der Waals surface area contributed by atoms with Crippen LogP contribution in [-0.2, 0) is 13.1 Å². The van der Waals surface area contributed by atoms with Crippen LogP contribution in [0.25, 0.3) is 0 Å². The van der Waals surface area contributed by atoms with Crippen molar-refractivity contribution in [3.8, 4) is 11.5 Å². The quantitative estimate of drug-likeness (QED) is 0.511. The van der Waals surface area contributed by atoms with Gasteiger partial charge in [0.2, 0.25) is 0 Å². The van der Waals surface area contributed by atoms with Crippen LogP contribution in [0, 0.1) is 0 Å². The van der Waals surface area contributed by atoms with Crippen molar-refractivity contribution in [2.75, 3.05) is 27.3 Å². The lowest BCUT2D eigenvalue weighted by molar-refractivity contribution is 0.0732. The molecule has 1 fully saturated rings. The minimum atomic E-state index is -0.603. The van der Waals surface area contributed by atoms with Crippen LogP contribution in [0.4, 0.5) is 0 Å². The molecule has 170 valence electrons. The van der Waals surface area contributed by atoms with Crippen molar-refractivity contribution >= 4 is 0 Å². The van der Waals surface area contributed by atoms with Gasteiger partial charge in [0, 0.05) is 25.7 Å². The van der Waals surface area contributed by atoms with Crippen molar-refractivity contribution in [2.24, 2.45) is 0 Å². The molecule has 1 unspecified atom stereocenters. The Kier molecular flexibility index (Phi) is 9.15. The number of hydrogen-bond acceptors (Lipinski definition) is 6. The molecule has 1 aliphatic rings. The smallest absolute Gasteiger partial charge is 0.161 e. The second-order valence-electron chi connectivity index (χ2n) is 8.52. The van der Waals surface area contributed by atoms with Gasteiger partial charge < -0.3 is 25.0 Å². The molecule has 0 aromatic heterocycles. The summed E-state index contributed by atoms with van der Waals surface area (Å²) in [6.07, 6.45) is 2.99. The average molecular weight is 429 g/mol. The molecular weight excluding hydrogens is 392 g/mol. The minimum absolute atomic E-state index is 0.141. The van der Waals surface area contributed by atoms with Gasteiger partial charge in [0.15, 0.2) is 11.5 Å². The number of rotatable bonds is 11. The first-order valence-electron chi connectivity index (χ1n) is 11.1. The lowest BCUT2D eigenvalue weighted by Crippen LogP contribution is -2.34. The third-order valence-electron chi connectivity index (χ3n) is 5.77. The van der Waals surface area contributed by atoms with Gasteiger partial charge >= 0.3 is 0 Å². The lowest BCUT2D eigenvalue weighted by atomic mass is 9.93. The average Bonchev–Trinajstić information content (AvgIpc) is 2.78. The van der Waals surface area contributed by atoms with Crippen molar-refractivity contribution < 1.29 is 19.7 Å². The largest absolute Gasteiger partial charge is 0.493 e. The molecule has 31 heavy (non-hydrogen) atoms. The second kappa shape index (κ2) is 12.1. The molecule has 2 aromatic carbocycles. The fourth-order valence-electron chi connectivity index (χ4n) is 4.04. The molecule has 2 aromatic rings. The number of aliphatic hydroxyl groups excluding tert-OH is 2. The third-order valence-corrected chi connectivity index (χ3v) is 5.77. The normalized spacial score (nSPS) is 19.9. The van der Waals surface area contributed by atoms with Gasteiger partial charge in [-0.15, -0.1) is 0 Å². The minimum Gasteiger partial charge on any atom is -0.493 e. The summed E-state index contributed by atoms with van der Waals surface area (Å²) in [5.41, 5.74) is 2.32. The molecule has 0 saturated heterocycles. The molecule has 3 rings (SSSR count). The van der Waals surface area contributed by atoms with Crippen LogP contribution in [0.3, 0.4) is 0 Å². The Labute approximate surface area is 185 Å². The van der Waals surface area contributed by atoms with Gasteiger partial charge in [-0.1, -0.05) is 36.4 Å². The standard InChI is InChI=1S/C25H36N2O4/c1-27(16-19-6-4-3-5-7-19)17-23(29)18-31-25-14-20(8-13-24(25)30-2)15-26-21-9-11-22(28)12-10-21/h3-8,13-14,21-23,26,28-29H,9-12,15-18H2,1-2H3. The van der Waals surface area contributed by atoms with Crippen molar-refractivity contribution in [3.05, 3.63) is 59.7 Å². The first kappa shape index (κ1) is 23.5. The Morgan fingerprint density at radius 3 is 2.48 bits per heavy atom. The molecule has 6 nitrogen and oxygen atoms in total. The summed E-state index contributed by atoms with van der Waals surface area (Å²) in [5, 5.41) is 23.7. The fraction of sp³-hybridized carbons (Fsp3) is 0.520. The fourth-order valence-corrected chi connectivity index (χ4v) is 4.04. The summed E-state index contributed by atoms with van der Waals surface area (Å²) in [4.78, 5) is 2.09. The zero-order chi connectivity index (χ0) is 22.1.